The number of aromatic nitrogens is 1. The van der Waals surface area contributed by atoms with Gasteiger partial charge in [0.2, 0.25) is 0 Å². The molecule has 4 heterocycles. The number of pyridine rings is 1. The normalized spacial score (nSPS) is 20.8. The number of carbonyl (C=O) groups is 1. The van der Waals surface area contributed by atoms with Gasteiger partial charge in [0.25, 0.3) is 5.91 Å². The molecule has 2 aromatic heterocycles. The molecule has 134 valence electrons. The van der Waals surface area contributed by atoms with E-state index in [2.05, 4.69) is 21.3 Å². The zero-order valence-electron chi connectivity index (χ0n) is 14.7. The monoisotopic (exact) mass is 359 g/mol. The van der Waals surface area contributed by atoms with Gasteiger partial charge in [0.05, 0.1) is 4.88 Å². The number of fused-ring (bicyclic) bond motifs is 1. The summed E-state index contributed by atoms with van der Waals surface area (Å²) in [6.07, 6.45) is 6.34. The Morgan fingerprint density at radius 2 is 2.04 bits per heavy atom. The third kappa shape index (κ3) is 3.30. The Morgan fingerprint density at radius 1 is 1.28 bits per heavy atom. The molecule has 0 radical (unpaired) electrons. The van der Waals surface area contributed by atoms with Gasteiger partial charge < -0.3 is 15.0 Å². The lowest BCUT2D eigenvalue weighted by molar-refractivity contribution is 0.0252. The average molecular weight is 359 g/mol. The summed E-state index contributed by atoms with van der Waals surface area (Å²) in [6.45, 7) is 4.01. The topological polar surface area (TPSA) is 54.5 Å². The van der Waals surface area contributed by atoms with Crippen molar-refractivity contribution in [2.75, 3.05) is 33.4 Å². The van der Waals surface area contributed by atoms with Crippen LogP contribution in [-0.2, 0) is 4.74 Å². The number of piperidine rings is 1. The van der Waals surface area contributed by atoms with Crippen LogP contribution in [-0.4, -0.2) is 55.2 Å². The zero-order chi connectivity index (χ0) is 17.2. The molecule has 6 heteroatoms. The number of ether oxygens (including phenoxy) is 1. The summed E-state index contributed by atoms with van der Waals surface area (Å²) in [5, 5.41) is 3.96. The van der Waals surface area contributed by atoms with E-state index in [9.17, 15) is 4.79 Å². The first-order chi connectivity index (χ1) is 12.3. The lowest BCUT2D eigenvalue weighted by Gasteiger charge is -2.39. The van der Waals surface area contributed by atoms with Crippen LogP contribution in [0.1, 0.15) is 46.8 Å². The molecule has 25 heavy (non-hydrogen) atoms. The van der Waals surface area contributed by atoms with Crippen LogP contribution in [0.25, 0.3) is 10.2 Å². The summed E-state index contributed by atoms with van der Waals surface area (Å²) in [4.78, 5) is 21.3. The molecule has 0 saturated carbocycles. The van der Waals surface area contributed by atoms with Crippen molar-refractivity contribution >= 4 is 27.5 Å². The molecule has 0 aromatic carbocycles. The highest BCUT2D eigenvalue weighted by atomic mass is 32.1. The molecular formula is C19H25N3O2S. The number of thiophene rings is 1. The Kier molecular flexibility index (Phi) is 5.01. The van der Waals surface area contributed by atoms with Gasteiger partial charge in [-0.05, 0) is 56.3 Å². The minimum absolute atomic E-state index is 0.0184. The van der Waals surface area contributed by atoms with Crippen molar-refractivity contribution in [2.24, 2.45) is 0 Å². The van der Waals surface area contributed by atoms with Crippen LogP contribution in [0, 0.1) is 0 Å². The molecule has 2 aliphatic rings. The Labute approximate surface area is 152 Å². The van der Waals surface area contributed by atoms with E-state index in [1.807, 2.05) is 12.3 Å². The van der Waals surface area contributed by atoms with Crippen LogP contribution in [0.4, 0.5) is 0 Å². The van der Waals surface area contributed by atoms with Crippen LogP contribution in [0.2, 0.25) is 0 Å². The number of amides is 1. The molecule has 0 bridgehead atoms. The van der Waals surface area contributed by atoms with Gasteiger partial charge in [0, 0.05) is 37.9 Å². The maximum atomic E-state index is 12.4. The predicted octanol–water partition coefficient (Wildman–Crippen LogP) is 3.01. The lowest BCUT2D eigenvalue weighted by Crippen LogP contribution is -2.43. The van der Waals surface area contributed by atoms with Crippen LogP contribution in [0.5, 0.6) is 0 Å². The van der Waals surface area contributed by atoms with Crippen molar-refractivity contribution in [3.05, 3.63) is 28.8 Å². The third-order valence-electron chi connectivity index (χ3n) is 5.58. The second-order valence-electron chi connectivity index (χ2n) is 6.93. The van der Waals surface area contributed by atoms with Crippen LogP contribution in [0.3, 0.4) is 0 Å². The van der Waals surface area contributed by atoms with E-state index in [-0.39, 0.29) is 5.91 Å². The zero-order valence-corrected chi connectivity index (χ0v) is 15.5. The molecule has 2 aromatic rings. The van der Waals surface area contributed by atoms with E-state index < -0.39 is 0 Å². The number of hydrogen-bond acceptors (Lipinski definition) is 5. The molecule has 2 fully saturated rings. The van der Waals surface area contributed by atoms with Gasteiger partial charge in [0.15, 0.2) is 0 Å². The summed E-state index contributed by atoms with van der Waals surface area (Å²) in [7, 11) is 1.71. The standard InChI is InChI=1S/C19H25N3O2S/c1-20-18(23)17-16(15-3-2-8-21-19(15)25-17)13-4-9-22(10-5-13)14-6-11-24-12-7-14/h2-3,8,13-14H,4-7,9-12H2,1H3,(H,20,23). The minimum atomic E-state index is 0.0184. The van der Waals surface area contributed by atoms with Crippen LogP contribution >= 0.6 is 11.3 Å². The molecular weight excluding hydrogens is 334 g/mol. The largest absolute Gasteiger partial charge is 0.381 e. The Hall–Kier alpha value is -1.50. The molecule has 0 atom stereocenters. The van der Waals surface area contributed by atoms with Crippen LogP contribution < -0.4 is 5.32 Å². The van der Waals surface area contributed by atoms with Gasteiger partial charge in [-0.2, -0.15) is 0 Å². The van der Waals surface area contributed by atoms with E-state index in [0.29, 0.717) is 12.0 Å². The van der Waals surface area contributed by atoms with Crippen molar-refractivity contribution in [2.45, 2.75) is 37.6 Å². The first-order valence-electron chi connectivity index (χ1n) is 9.19. The van der Waals surface area contributed by atoms with E-state index in [0.717, 1.165) is 67.1 Å². The van der Waals surface area contributed by atoms with Gasteiger partial charge >= 0.3 is 0 Å². The fourth-order valence-electron chi connectivity index (χ4n) is 4.24. The molecule has 1 N–H and O–H groups in total. The van der Waals surface area contributed by atoms with Crippen molar-refractivity contribution in [3.63, 3.8) is 0 Å². The van der Waals surface area contributed by atoms with Crippen molar-refractivity contribution in [1.82, 2.24) is 15.2 Å². The van der Waals surface area contributed by atoms with E-state index in [1.165, 1.54) is 16.9 Å². The van der Waals surface area contributed by atoms with Crippen molar-refractivity contribution in [1.29, 1.82) is 0 Å². The number of carbonyl (C=O) groups excluding carboxylic acids is 1. The molecule has 2 saturated heterocycles. The first-order valence-corrected chi connectivity index (χ1v) is 10.0. The van der Waals surface area contributed by atoms with Gasteiger partial charge in [-0.15, -0.1) is 11.3 Å². The molecule has 2 aliphatic heterocycles. The highest BCUT2D eigenvalue weighted by molar-refractivity contribution is 7.20. The highest BCUT2D eigenvalue weighted by Crippen LogP contribution is 2.40. The highest BCUT2D eigenvalue weighted by Gasteiger charge is 2.31. The molecule has 0 unspecified atom stereocenters. The Bertz CT molecular complexity index is 746. The van der Waals surface area contributed by atoms with Crippen LogP contribution in [0.15, 0.2) is 18.3 Å². The summed E-state index contributed by atoms with van der Waals surface area (Å²) in [5.74, 6) is 0.464. The first kappa shape index (κ1) is 16.9. The van der Waals surface area contributed by atoms with Gasteiger partial charge in [-0.3, -0.25) is 4.79 Å². The summed E-state index contributed by atoms with van der Waals surface area (Å²) in [6, 6.07) is 4.77. The minimum Gasteiger partial charge on any atom is -0.381 e. The average Bonchev–Trinajstić information content (AvgIpc) is 3.08. The van der Waals surface area contributed by atoms with E-state index >= 15 is 0 Å². The van der Waals surface area contributed by atoms with Gasteiger partial charge in [0.1, 0.15) is 4.83 Å². The van der Waals surface area contributed by atoms with Crippen molar-refractivity contribution in [3.8, 4) is 0 Å². The maximum Gasteiger partial charge on any atom is 0.261 e. The second-order valence-corrected chi connectivity index (χ2v) is 7.93. The number of nitrogens with zero attached hydrogens (tertiary/aromatic N) is 2. The molecule has 0 spiro atoms. The smallest absolute Gasteiger partial charge is 0.261 e. The summed E-state index contributed by atoms with van der Waals surface area (Å²) < 4.78 is 5.50. The maximum absolute atomic E-state index is 12.4. The molecule has 5 nitrogen and oxygen atoms in total. The summed E-state index contributed by atoms with van der Waals surface area (Å²) in [5.41, 5.74) is 1.22. The fourth-order valence-corrected chi connectivity index (χ4v) is 5.42. The number of nitrogens with one attached hydrogen (secondary N) is 1. The quantitative estimate of drug-likeness (QED) is 0.915. The van der Waals surface area contributed by atoms with Gasteiger partial charge in [-0.1, -0.05) is 6.07 Å². The van der Waals surface area contributed by atoms with E-state index in [4.69, 9.17) is 4.74 Å². The third-order valence-corrected chi connectivity index (χ3v) is 6.71. The SMILES string of the molecule is CNC(=O)c1sc2ncccc2c1C1CCN(C2CCOCC2)CC1. The van der Waals surface area contributed by atoms with E-state index in [1.54, 1.807) is 7.05 Å². The number of rotatable bonds is 3. The summed E-state index contributed by atoms with van der Waals surface area (Å²) >= 11 is 1.53. The fraction of sp³-hybridized carbons (Fsp3) is 0.579. The predicted molar refractivity (Wildman–Crippen MR) is 100 cm³/mol. The number of hydrogen-bond donors (Lipinski definition) is 1. The number of likely N-dealkylation sites (tertiary alicyclic amines) is 1. The molecule has 0 aliphatic carbocycles. The van der Waals surface area contributed by atoms with Gasteiger partial charge in [-0.25, -0.2) is 4.98 Å². The van der Waals surface area contributed by atoms with Crippen molar-refractivity contribution < 1.29 is 9.53 Å². The lowest BCUT2D eigenvalue weighted by atomic mass is 9.86. The second kappa shape index (κ2) is 7.40. The Balaban J connectivity index is 1.57. The molecule has 1 amide bonds. The Morgan fingerprint density at radius 3 is 2.76 bits per heavy atom. The molecule has 4 rings (SSSR count).